The molecule has 0 aliphatic carbocycles. The summed E-state index contributed by atoms with van der Waals surface area (Å²) in [4.78, 5) is 20.6. The van der Waals surface area contributed by atoms with Gasteiger partial charge in [-0.05, 0) is 50.7 Å². The lowest BCUT2D eigenvalue weighted by Crippen LogP contribution is -2.50. The van der Waals surface area contributed by atoms with E-state index in [0.29, 0.717) is 31.1 Å². The summed E-state index contributed by atoms with van der Waals surface area (Å²) in [5.74, 6) is 0.796. The topological polar surface area (TPSA) is 68.4 Å². The highest BCUT2D eigenvalue weighted by atomic mass is 32.1. The van der Waals surface area contributed by atoms with Gasteiger partial charge in [-0.3, -0.25) is 14.5 Å². The van der Waals surface area contributed by atoms with Crippen LogP contribution < -0.4 is 0 Å². The summed E-state index contributed by atoms with van der Waals surface area (Å²) in [6.07, 6.45) is 3.30. The number of carbonyl (C=O) groups is 1. The van der Waals surface area contributed by atoms with Crippen molar-refractivity contribution in [3.05, 3.63) is 65.2 Å². The van der Waals surface area contributed by atoms with Gasteiger partial charge in [0.2, 0.25) is 0 Å². The van der Waals surface area contributed by atoms with Gasteiger partial charge in [-0.1, -0.05) is 30.3 Å². The summed E-state index contributed by atoms with van der Waals surface area (Å²) >= 11 is 5.84. The lowest BCUT2D eigenvalue weighted by molar-refractivity contribution is 0.0113. The highest BCUT2D eigenvalue weighted by Gasteiger charge is 2.26. The van der Waals surface area contributed by atoms with Gasteiger partial charge in [0.05, 0.1) is 13.2 Å². The molecule has 1 aliphatic rings. The van der Waals surface area contributed by atoms with Crippen LogP contribution in [0, 0.1) is 4.77 Å². The molecule has 1 amide bonds. The van der Waals surface area contributed by atoms with Crippen molar-refractivity contribution in [1.82, 2.24) is 29.1 Å². The zero-order chi connectivity index (χ0) is 23.4. The van der Waals surface area contributed by atoms with Crippen molar-refractivity contribution in [2.24, 2.45) is 0 Å². The van der Waals surface area contributed by atoms with Crippen LogP contribution in [0.1, 0.15) is 26.3 Å². The summed E-state index contributed by atoms with van der Waals surface area (Å²) < 4.78 is 10.1. The van der Waals surface area contributed by atoms with Gasteiger partial charge in [0.1, 0.15) is 5.60 Å². The Balaban J connectivity index is 1.51. The summed E-state index contributed by atoms with van der Waals surface area (Å²) in [5, 5.41) is 4.86. The minimum absolute atomic E-state index is 0.259. The number of hydrogen-bond donors (Lipinski definition) is 0. The molecule has 8 nitrogen and oxygen atoms in total. The lowest BCUT2D eigenvalue weighted by Gasteiger charge is -2.35. The van der Waals surface area contributed by atoms with E-state index in [9.17, 15) is 4.79 Å². The molecule has 174 valence electrons. The fourth-order valence-electron chi connectivity index (χ4n) is 3.74. The number of amides is 1. The van der Waals surface area contributed by atoms with Crippen LogP contribution >= 0.6 is 12.2 Å². The molecule has 0 bridgehead atoms. The summed E-state index contributed by atoms with van der Waals surface area (Å²) in [6.45, 7) is 9.54. The van der Waals surface area contributed by atoms with E-state index in [1.807, 2.05) is 62.0 Å². The number of piperazine rings is 1. The molecule has 1 aliphatic heterocycles. The first-order chi connectivity index (χ1) is 15.8. The maximum atomic E-state index is 12.4. The molecule has 0 saturated carbocycles. The van der Waals surface area contributed by atoms with E-state index in [4.69, 9.17) is 22.1 Å². The SMILES string of the molecule is CC(C)(C)OC(=O)N1CCN(Cn2nc(-c3cccnc3)n(Cc3ccccc3)c2=S)CC1. The van der Waals surface area contributed by atoms with Gasteiger partial charge in [-0.2, -0.15) is 5.10 Å². The van der Waals surface area contributed by atoms with Crippen molar-refractivity contribution in [3.8, 4) is 11.4 Å². The van der Waals surface area contributed by atoms with Crippen molar-refractivity contribution in [3.63, 3.8) is 0 Å². The second-order valence-electron chi connectivity index (χ2n) is 9.15. The first-order valence-corrected chi connectivity index (χ1v) is 11.5. The highest BCUT2D eigenvalue weighted by Crippen LogP contribution is 2.20. The van der Waals surface area contributed by atoms with Crippen molar-refractivity contribution >= 4 is 18.3 Å². The smallest absolute Gasteiger partial charge is 0.410 e. The first kappa shape index (κ1) is 23.1. The zero-order valence-electron chi connectivity index (χ0n) is 19.3. The predicted octanol–water partition coefficient (Wildman–Crippen LogP) is 4.03. The molecule has 1 saturated heterocycles. The van der Waals surface area contributed by atoms with Crippen LogP contribution in [0.4, 0.5) is 4.79 Å². The number of benzene rings is 1. The quantitative estimate of drug-likeness (QED) is 0.529. The number of aromatic nitrogens is 4. The van der Waals surface area contributed by atoms with Gasteiger partial charge >= 0.3 is 6.09 Å². The maximum Gasteiger partial charge on any atom is 0.410 e. The maximum absolute atomic E-state index is 12.4. The minimum Gasteiger partial charge on any atom is -0.444 e. The van der Waals surface area contributed by atoms with Crippen molar-refractivity contribution < 1.29 is 9.53 Å². The monoisotopic (exact) mass is 466 g/mol. The molecule has 0 N–H and O–H groups in total. The van der Waals surface area contributed by atoms with Crippen molar-refractivity contribution in [1.29, 1.82) is 0 Å². The van der Waals surface area contributed by atoms with Crippen LogP contribution in [-0.2, 0) is 18.0 Å². The van der Waals surface area contributed by atoms with E-state index in [-0.39, 0.29) is 6.09 Å². The summed E-state index contributed by atoms with van der Waals surface area (Å²) in [5.41, 5.74) is 1.59. The van der Waals surface area contributed by atoms with Gasteiger partial charge in [-0.25, -0.2) is 9.48 Å². The Bertz CT molecular complexity index is 1130. The highest BCUT2D eigenvalue weighted by molar-refractivity contribution is 7.71. The van der Waals surface area contributed by atoms with Gasteiger partial charge in [0.15, 0.2) is 10.6 Å². The Morgan fingerprint density at radius 3 is 2.42 bits per heavy atom. The molecule has 4 rings (SSSR count). The fourth-order valence-corrected chi connectivity index (χ4v) is 3.99. The molecule has 3 aromatic rings. The average molecular weight is 467 g/mol. The van der Waals surface area contributed by atoms with Crippen LogP contribution in [0.2, 0.25) is 0 Å². The van der Waals surface area contributed by atoms with Gasteiger partial charge in [-0.15, -0.1) is 0 Å². The molecule has 0 unspecified atom stereocenters. The third-order valence-electron chi connectivity index (χ3n) is 5.38. The second-order valence-corrected chi connectivity index (χ2v) is 9.51. The number of ether oxygens (including phenoxy) is 1. The van der Waals surface area contributed by atoms with Crippen LogP contribution in [0.15, 0.2) is 54.9 Å². The standard InChI is InChI=1S/C24H30N6O2S/c1-24(2,3)32-23(31)28-14-12-27(13-15-28)18-30-22(33)29(17-19-8-5-4-6-9-19)21(26-30)20-10-7-11-25-16-20/h4-11,16H,12-15,17-18H2,1-3H3. The zero-order valence-corrected chi connectivity index (χ0v) is 20.2. The van der Waals surface area contributed by atoms with Gasteiger partial charge in [0.25, 0.3) is 0 Å². The van der Waals surface area contributed by atoms with E-state index in [1.54, 1.807) is 11.1 Å². The molecule has 0 atom stereocenters. The molecule has 0 radical (unpaired) electrons. The molecule has 33 heavy (non-hydrogen) atoms. The van der Waals surface area contributed by atoms with Gasteiger partial charge < -0.3 is 9.64 Å². The van der Waals surface area contributed by atoms with E-state index < -0.39 is 5.60 Å². The predicted molar refractivity (Wildman–Crippen MR) is 129 cm³/mol. The molecule has 1 aromatic carbocycles. The number of rotatable bonds is 5. The third-order valence-corrected chi connectivity index (χ3v) is 5.82. The molecule has 1 fully saturated rings. The lowest BCUT2D eigenvalue weighted by atomic mass is 10.2. The van der Waals surface area contributed by atoms with Crippen LogP contribution in [-0.4, -0.2) is 67.0 Å². The molecule has 9 heteroatoms. The number of carbonyl (C=O) groups excluding carboxylic acids is 1. The van der Waals surface area contributed by atoms with E-state index in [1.165, 1.54) is 0 Å². The average Bonchev–Trinajstić information content (AvgIpc) is 3.09. The Hall–Kier alpha value is -3.04. The van der Waals surface area contributed by atoms with E-state index in [0.717, 1.165) is 30.0 Å². The van der Waals surface area contributed by atoms with E-state index in [2.05, 4.69) is 26.6 Å². The van der Waals surface area contributed by atoms with Crippen LogP contribution in [0.3, 0.4) is 0 Å². The molecular weight excluding hydrogens is 436 g/mol. The summed E-state index contributed by atoms with van der Waals surface area (Å²) in [7, 11) is 0. The Kier molecular flexibility index (Phi) is 6.90. The normalized spacial score (nSPS) is 14.9. The Labute approximate surface area is 199 Å². The number of pyridine rings is 1. The Morgan fingerprint density at radius 2 is 1.79 bits per heavy atom. The minimum atomic E-state index is -0.490. The third kappa shape index (κ3) is 5.85. The number of nitrogens with zero attached hydrogens (tertiary/aromatic N) is 6. The Morgan fingerprint density at radius 1 is 1.06 bits per heavy atom. The van der Waals surface area contributed by atoms with Crippen molar-refractivity contribution in [2.75, 3.05) is 26.2 Å². The molecule has 3 heterocycles. The fraction of sp³-hybridized carbons (Fsp3) is 0.417. The largest absolute Gasteiger partial charge is 0.444 e. The second kappa shape index (κ2) is 9.84. The molecule has 2 aromatic heterocycles. The van der Waals surface area contributed by atoms with Crippen LogP contribution in [0.25, 0.3) is 11.4 Å². The molecular formula is C24H30N6O2S. The van der Waals surface area contributed by atoms with Gasteiger partial charge in [0, 0.05) is 44.1 Å². The van der Waals surface area contributed by atoms with Crippen molar-refractivity contribution in [2.45, 2.75) is 39.6 Å². The number of hydrogen-bond acceptors (Lipinski definition) is 6. The summed E-state index contributed by atoms with van der Waals surface area (Å²) in [6, 6.07) is 14.1. The molecule has 0 spiro atoms. The first-order valence-electron chi connectivity index (χ1n) is 11.1. The van der Waals surface area contributed by atoms with Crippen LogP contribution in [0.5, 0.6) is 0 Å². The van der Waals surface area contributed by atoms with E-state index >= 15 is 0 Å².